The van der Waals surface area contributed by atoms with Crippen molar-refractivity contribution in [2.75, 3.05) is 32.6 Å². The van der Waals surface area contributed by atoms with E-state index in [0.717, 1.165) is 29.8 Å². The van der Waals surface area contributed by atoms with Crippen LogP contribution in [0.25, 0.3) is 11.4 Å². The van der Waals surface area contributed by atoms with E-state index < -0.39 is 0 Å². The fraction of sp³-hybridized carbons (Fsp3) is 0.318. The van der Waals surface area contributed by atoms with Gasteiger partial charge in [-0.1, -0.05) is 5.16 Å². The SMILES string of the molecule is COc1ccc(-c2noc([C@H]3CCCN3C(=O)c3ccc(N(C)C)cc3)n2)cc1. The Morgan fingerprint density at radius 1 is 1.14 bits per heavy atom. The van der Waals surface area contributed by atoms with Gasteiger partial charge in [-0.05, 0) is 61.4 Å². The standard InChI is InChI=1S/C22H24N4O3/c1-25(2)17-10-6-16(7-11-17)22(27)26-14-4-5-19(26)21-23-20(24-29-21)15-8-12-18(28-3)13-9-15/h6-13,19H,4-5,14H2,1-3H3/t19-/m1/s1. The molecule has 150 valence electrons. The molecule has 0 aliphatic carbocycles. The van der Waals surface area contributed by atoms with E-state index in [1.54, 1.807) is 7.11 Å². The van der Waals surface area contributed by atoms with Crippen LogP contribution in [0.1, 0.15) is 35.1 Å². The monoisotopic (exact) mass is 392 g/mol. The first-order valence-electron chi connectivity index (χ1n) is 9.63. The molecule has 7 nitrogen and oxygen atoms in total. The van der Waals surface area contributed by atoms with E-state index in [4.69, 9.17) is 9.26 Å². The number of likely N-dealkylation sites (tertiary alicyclic amines) is 1. The van der Waals surface area contributed by atoms with Crippen molar-refractivity contribution in [1.29, 1.82) is 0 Å². The minimum Gasteiger partial charge on any atom is -0.497 e. The van der Waals surface area contributed by atoms with Gasteiger partial charge in [-0.3, -0.25) is 4.79 Å². The molecule has 0 radical (unpaired) electrons. The Morgan fingerprint density at radius 3 is 2.52 bits per heavy atom. The summed E-state index contributed by atoms with van der Waals surface area (Å²) in [6.07, 6.45) is 1.72. The number of ether oxygens (including phenoxy) is 1. The molecule has 1 amide bonds. The number of hydrogen-bond donors (Lipinski definition) is 0. The zero-order valence-corrected chi connectivity index (χ0v) is 16.8. The second-order valence-corrected chi connectivity index (χ2v) is 7.28. The van der Waals surface area contributed by atoms with E-state index in [1.165, 1.54) is 0 Å². The quantitative estimate of drug-likeness (QED) is 0.658. The molecular weight excluding hydrogens is 368 g/mol. The highest BCUT2D eigenvalue weighted by atomic mass is 16.5. The van der Waals surface area contributed by atoms with Crippen LogP contribution < -0.4 is 9.64 Å². The third kappa shape index (κ3) is 3.81. The Bertz CT molecular complexity index is 980. The largest absolute Gasteiger partial charge is 0.497 e. The summed E-state index contributed by atoms with van der Waals surface area (Å²) in [5, 5.41) is 4.11. The van der Waals surface area contributed by atoms with Crippen molar-refractivity contribution in [3.05, 3.63) is 60.0 Å². The van der Waals surface area contributed by atoms with Crippen molar-refractivity contribution in [1.82, 2.24) is 15.0 Å². The van der Waals surface area contributed by atoms with Crippen LogP contribution in [-0.4, -0.2) is 48.7 Å². The highest BCUT2D eigenvalue weighted by Gasteiger charge is 2.34. The van der Waals surface area contributed by atoms with Gasteiger partial charge < -0.3 is 19.1 Å². The number of benzene rings is 2. The number of amides is 1. The second kappa shape index (κ2) is 7.95. The minimum atomic E-state index is -0.199. The second-order valence-electron chi connectivity index (χ2n) is 7.28. The average Bonchev–Trinajstić information content (AvgIpc) is 3.43. The molecule has 1 atom stereocenters. The van der Waals surface area contributed by atoms with Gasteiger partial charge in [-0.15, -0.1) is 0 Å². The van der Waals surface area contributed by atoms with Crippen LogP contribution in [-0.2, 0) is 0 Å². The van der Waals surface area contributed by atoms with Crippen LogP contribution in [0.3, 0.4) is 0 Å². The number of carbonyl (C=O) groups is 1. The summed E-state index contributed by atoms with van der Waals surface area (Å²) >= 11 is 0. The summed E-state index contributed by atoms with van der Waals surface area (Å²) in [5.74, 6) is 1.75. The number of anilines is 1. The molecule has 1 aromatic heterocycles. The molecule has 29 heavy (non-hydrogen) atoms. The van der Waals surface area contributed by atoms with Gasteiger partial charge in [0.25, 0.3) is 5.91 Å². The zero-order chi connectivity index (χ0) is 20.4. The van der Waals surface area contributed by atoms with Crippen LogP contribution in [0.15, 0.2) is 53.1 Å². The molecule has 2 aromatic carbocycles. The average molecular weight is 392 g/mol. The number of nitrogens with zero attached hydrogens (tertiary/aromatic N) is 4. The van der Waals surface area contributed by atoms with Crippen LogP contribution >= 0.6 is 0 Å². The first-order valence-corrected chi connectivity index (χ1v) is 9.63. The van der Waals surface area contributed by atoms with Crippen molar-refractivity contribution in [2.24, 2.45) is 0 Å². The number of aromatic nitrogens is 2. The molecule has 3 aromatic rings. The third-order valence-electron chi connectivity index (χ3n) is 5.22. The van der Waals surface area contributed by atoms with Crippen LogP contribution in [0.5, 0.6) is 5.75 Å². The number of methoxy groups -OCH3 is 1. The number of rotatable bonds is 5. The molecule has 0 saturated carbocycles. The lowest BCUT2D eigenvalue weighted by atomic mass is 10.1. The molecule has 1 aliphatic rings. The topological polar surface area (TPSA) is 71.7 Å². The molecule has 4 rings (SSSR count). The molecule has 0 unspecified atom stereocenters. The van der Waals surface area contributed by atoms with Gasteiger partial charge in [0.15, 0.2) is 0 Å². The molecule has 0 N–H and O–H groups in total. The van der Waals surface area contributed by atoms with E-state index in [2.05, 4.69) is 10.1 Å². The third-order valence-corrected chi connectivity index (χ3v) is 5.22. The maximum atomic E-state index is 13.1. The first-order chi connectivity index (χ1) is 14.1. The summed E-state index contributed by atoms with van der Waals surface area (Å²) in [6, 6.07) is 14.9. The number of hydrogen-bond acceptors (Lipinski definition) is 6. The van der Waals surface area contributed by atoms with E-state index in [-0.39, 0.29) is 11.9 Å². The Hall–Kier alpha value is -3.35. The van der Waals surface area contributed by atoms with Crippen molar-refractivity contribution < 1.29 is 14.1 Å². The molecular formula is C22H24N4O3. The van der Waals surface area contributed by atoms with E-state index in [1.807, 2.05) is 72.4 Å². The normalized spacial score (nSPS) is 16.1. The van der Waals surface area contributed by atoms with Gasteiger partial charge in [0.1, 0.15) is 11.8 Å². The smallest absolute Gasteiger partial charge is 0.254 e. The predicted octanol–water partition coefficient (Wildman–Crippen LogP) is 3.79. The van der Waals surface area contributed by atoms with Gasteiger partial charge in [0, 0.05) is 37.5 Å². The highest BCUT2D eigenvalue weighted by molar-refractivity contribution is 5.95. The van der Waals surface area contributed by atoms with Crippen molar-refractivity contribution in [3.63, 3.8) is 0 Å². The summed E-state index contributed by atoms with van der Waals surface area (Å²) in [5.41, 5.74) is 2.56. The Labute approximate surface area is 169 Å². The van der Waals surface area contributed by atoms with Crippen LogP contribution in [0.2, 0.25) is 0 Å². The molecule has 0 bridgehead atoms. The molecule has 0 spiro atoms. The molecule has 2 heterocycles. The molecule has 7 heteroatoms. The van der Waals surface area contributed by atoms with Crippen molar-refractivity contribution >= 4 is 11.6 Å². The zero-order valence-electron chi connectivity index (χ0n) is 16.8. The predicted molar refractivity (Wildman–Crippen MR) is 110 cm³/mol. The lowest BCUT2D eigenvalue weighted by molar-refractivity contribution is 0.0710. The highest BCUT2D eigenvalue weighted by Crippen LogP contribution is 2.33. The van der Waals surface area contributed by atoms with Gasteiger partial charge in [-0.25, -0.2) is 0 Å². The fourth-order valence-electron chi connectivity index (χ4n) is 3.56. The summed E-state index contributed by atoms with van der Waals surface area (Å²) in [7, 11) is 5.58. The van der Waals surface area contributed by atoms with Crippen LogP contribution in [0.4, 0.5) is 5.69 Å². The van der Waals surface area contributed by atoms with Gasteiger partial charge >= 0.3 is 0 Å². The summed E-state index contributed by atoms with van der Waals surface area (Å²) < 4.78 is 10.7. The van der Waals surface area contributed by atoms with Gasteiger partial charge in [0.05, 0.1) is 7.11 Å². The Balaban J connectivity index is 1.53. The Kier molecular flexibility index (Phi) is 5.20. The van der Waals surface area contributed by atoms with Gasteiger partial charge in [-0.2, -0.15) is 4.98 Å². The van der Waals surface area contributed by atoms with E-state index in [9.17, 15) is 4.79 Å². The van der Waals surface area contributed by atoms with Crippen molar-refractivity contribution in [2.45, 2.75) is 18.9 Å². The summed E-state index contributed by atoms with van der Waals surface area (Å²) in [6.45, 7) is 0.680. The van der Waals surface area contributed by atoms with E-state index in [0.29, 0.717) is 23.8 Å². The van der Waals surface area contributed by atoms with Crippen LogP contribution in [0, 0.1) is 0 Å². The molecule has 1 aliphatic heterocycles. The molecule has 1 fully saturated rings. The first kappa shape index (κ1) is 19.0. The lowest BCUT2D eigenvalue weighted by Crippen LogP contribution is -2.30. The summed E-state index contributed by atoms with van der Waals surface area (Å²) in [4.78, 5) is 21.5. The maximum Gasteiger partial charge on any atom is 0.254 e. The molecule has 1 saturated heterocycles. The number of carbonyl (C=O) groups excluding carboxylic acids is 1. The minimum absolute atomic E-state index is 0.0120. The van der Waals surface area contributed by atoms with Crippen molar-refractivity contribution in [3.8, 4) is 17.1 Å². The van der Waals surface area contributed by atoms with Gasteiger partial charge in [0.2, 0.25) is 11.7 Å². The lowest BCUT2D eigenvalue weighted by Gasteiger charge is -2.22. The van der Waals surface area contributed by atoms with E-state index >= 15 is 0 Å². The fourth-order valence-corrected chi connectivity index (χ4v) is 3.56. The Morgan fingerprint density at radius 2 is 1.86 bits per heavy atom. The maximum absolute atomic E-state index is 13.1.